The van der Waals surface area contributed by atoms with Crippen molar-refractivity contribution in [2.75, 3.05) is 23.7 Å². The molecule has 0 aliphatic rings. The van der Waals surface area contributed by atoms with Crippen LogP contribution in [-0.4, -0.2) is 49.9 Å². The second-order valence-electron chi connectivity index (χ2n) is 6.54. The number of pyridine rings is 1. The second kappa shape index (κ2) is 10.4. The summed E-state index contributed by atoms with van der Waals surface area (Å²) in [6, 6.07) is 2.12. The molecule has 156 valence electrons. The van der Waals surface area contributed by atoms with Gasteiger partial charge in [-0.15, -0.1) is 10.2 Å². The fourth-order valence-electron chi connectivity index (χ4n) is 2.22. The first kappa shape index (κ1) is 23.0. The Labute approximate surface area is 178 Å². The van der Waals surface area contributed by atoms with E-state index in [4.69, 9.17) is 0 Å². The van der Waals surface area contributed by atoms with Crippen LogP contribution in [0.4, 0.5) is 22.5 Å². The van der Waals surface area contributed by atoms with Crippen LogP contribution in [0.25, 0.3) is 0 Å². The van der Waals surface area contributed by atoms with Gasteiger partial charge in [0.05, 0.1) is 23.0 Å². The first-order valence-electron chi connectivity index (χ1n) is 8.94. The van der Waals surface area contributed by atoms with Gasteiger partial charge in [0.15, 0.2) is 11.6 Å². The quantitative estimate of drug-likeness (QED) is 0.297. The fourth-order valence-corrected chi connectivity index (χ4v) is 3.00. The van der Waals surface area contributed by atoms with Gasteiger partial charge in [-0.05, 0) is 27.7 Å². The van der Waals surface area contributed by atoms with Gasteiger partial charge in [0.1, 0.15) is 17.6 Å². The van der Waals surface area contributed by atoms with Gasteiger partial charge in [0, 0.05) is 30.2 Å². The third-order valence-electron chi connectivity index (χ3n) is 3.70. The first-order valence-corrected chi connectivity index (χ1v) is 10.2. The summed E-state index contributed by atoms with van der Waals surface area (Å²) in [5.74, 6) is 1.23. The summed E-state index contributed by atoms with van der Waals surface area (Å²) in [4.78, 5) is 8.68. The Bertz CT molecular complexity index is 906. The van der Waals surface area contributed by atoms with Gasteiger partial charge in [-0.25, -0.2) is 4.98 Å². The molecule has 2 aromatic rings. The molecule has 0 spiro atoms. The number of aromatic nitrogens is 3. The standard InChI is InChI=1S/C17H24N8O2S2/c1-8(26)6-19-15-12(5-18)10(3)13(16(21-15)20-7-9(2)27)23-24-17-22-14(11(4)28)25-29-17/h8-9,11,26-28H,6-7H2,1-4H3,(H2,19,20,21). The smallest absolute Gasteiger partial charge is 0.249 e. The van der Waals surface area contributed by atoms with Gasteiger partial charge in [-0.2, -0.15) is 27.2 Å². The van der Waals surface area contributed by atoms with E-state index in [-0.39, 0.29) is 18.3 Å². The number of aliphatic hydroxyl groups is 2. The molecule has 0 amide bonds. The summed E-state index contributed by atoms with van der Waals surface area (Å²) in [5, 5.41) is 43.3. The number of nitriles is 1. The largest absolute Gasteiger partial charge is 0.392 e. The first-order chi connectivity index (χ1) is 13.7. The van der Waals surface area contributed by atoms with E-state index in [2.05, 4.69) is 53.9 Å². The molecule has 3 atom stereocenters. The lowest BCUT2D eigenvalue weighted by molar-refractivity contribution is 0.208. The van der Waals surface area contributed by atoms with Crippen molar-refractivity contribution >= 4 is 46.6 Å². The van der Waals surface area contributed by atoms with Crippen molar-refractivity contribution in [2.45, 2.75) is 45.2 Å². The monoisotopic (exact) mass is 436 g/mol. The van der Waals surface area contributed by atoms with E-state index in [0.29, 0.717) is 39.4 Å². The highest BCUT2D eigenvalue weighted by atomic mass is 32.1. The highest BCUT2D eigenvalue weighted by molar-refractivity contribution is 7.80. The summed E-state index contributed by atoms with van der Waals surface area (Å²) in [5.41, 5.74) is 1.21. The Balaban J connectivity index is 2.46. The van der Waals surface area contributed by atoms with Gasteiger partial charge in [-0.3, -0.25) is 0 Å². The molecule has 0 saturated carbocycles. The third-order valence-corrected chi connectivity index (χ3v) is 4.54. The van der Waals surface area contributed by atoms with Gasteiger partial charge in [0.2, 0.25) is 5.13 Å². The molecule has 2 heterocycles. The van der Waals surface area contributed by atoms with Crippen LogP contribution in [0.3, 0.4) is 0 Å². The Hall–Kier alpha value is -2.33. The number of aliphatic hydroxyl groups excluding tert-OH is 2. The SMILES string of the molecule is Cc1c(C#N)c(NCC(C)O)nc(NCC(C)O)c1N=Nc1nc(C(C)S)ns1. The van der Waals surface area contributed by atoms with Crippen LogP contribution in [-0.2, 0) is 0 Å². The molecule has 29 heavy (non-hydrogen) atoms. The Morgan fingerprint density at radius 2 is 1.72 bits per heavy atom. The van der Waals surface area contributed by atoms with E-state index in [1.165, 1.54) is 0 Å². The van der Waals surface area contributed by atoms with Crippen molar-refractivity contribution in [1.82, 2.24) is 14.3 Å². The Kier molecular flexibility index (Phi) is 8.27. The molecular weight excluding hydrogens is 412 g/mol. The minimum Gasteiger partial charge on any atom is -0.392 e. The van der Waals surface area contributed by atoms with Crippen LogP contribution in [0, 0.1) is 18.3 Å². The normalized spacial score (nSPS) is 14.4. The predicted molar refractivity (Wildman–Crippen MR) is 116 cm³/mol. The van der Waals surface area contributed by atoms with Gasteiger partial charge in [0.25, 0.3) is 0 Å². The number of azo groups is 1. The second-order valence-corrected chi connectivity index (χ2v) is 8.05. The summed E-state index contributed by atoms with van der Waals surface area (Å²) < 4.78 is 4.17. The third kappa shape index (κ3) is 6.33. The molecule has 0 saturated heterocycles. The lowest BCUT2D eigenvalue weighted by Gasteiger charge is -2.16. The number of anilines is 2. The van der Waals surface area contributed by atoms with Crippen molar-refractivity contribution < 1.29 is 10.2 Å². The number of rotatable bonds is 9. The Morgan fingerprint density at radius 1 is 1.10 bits per heavy atom. The summed E-state index contributed by atoms with van der Waals surface area (Å²) in [6.45, 7) is 7.32. The van der Waals surface area contributed by atoms with Crippen molar-refractivity contribution in [1.29, 1.82) is 5.26 Å². The van der Waals surface area contributed by atoms with Gasteiger partial charge in [-0.1, -0.05) is 0 Å². The van der Waals surface area contributed by atoms with Crippen molar-refractivity contribution in [3.05, 3.63) is 17.0 Å². The van der Waals surface area contributed by atoms with Crippen molar-refractivity contribution in [2.24, 2.45) is 10.2 Å². The number of nitrogens with zero attached hydrogens (tertiary/aromatic N) is 6. The topological polar surface area (TPSA) is 152 Å². The number of hydrogen-bond acceptors (Lipinski definition) is 12. The van der Waals surface area contributed by atoms with E-state index in [0.717, 1.165) is 11.5 Å². The van der Waals surface area contributed by atoms with E-state index in [1.54, 1.807) is 20.8 Å². The zero-order valence-electron chi connectivity index (χ0n) is 16.6. The van der Waals surface area contributed by atoms with Crippen molar-refractivity contribution in [3.63, 3.8) is 0 Å². The molecule has 0 aliphatic heterocycles. The maximum atomic E-state index is 9.61. The summed E-state index contributed by atoms with van der Waals surface area (Å²) >= 11 is 5.39. The van der Waals surface area contributed by atoms with E-state index < -0.39 is 12.2 Å². The van der Waals surface area contributed by atoms with Crippen LogP contribution in [0.15, 0.2) is 10.2 Å². The highest BCUT2D eigenvalue weighted by Gasteiger charge is 2.18. The maximum absolute atomic E-state index is 9.61. The average Bonchev–Trinajstić information content (AvgIpc) is 3.13. The van der Waals surface area contributed by atoms with Crippen LogP contribution in [0.2, 0.25) is 0 Å². The molecule has 12 heteroatoms. The van der Waals surface area contributed by atoms with Gasteiger partial charge >= 0.3 is 0 Å². The van der Waals surface area contributed by atoms with Crippen LogP contribution in [0.1, 0.15) is 43.0 Å². The van der Waals surface area contributed by atoms with E-state index >= 15 is 0 Å². The molecule has 0 bridgehead atoms. The van der Waals surface area contributed by atoms with Crippen molar-refractivity contribution in [3.8, 4) is 6.07 Å². The molecule has 4 N–H and O–H groups in total. The summed E-state index contributed by atoms with van der Waals surface area (Å²) in [6.07, 6.45) is -1.23. The van der Waals surface area contributed by atoms with Crippen LogP contribution in [0.5, 0.6) is 0 Å². The minimum absolute atomic E-state index is 0.119. The molecule has 0 radical (unpaired) electrons. The number of nitrogens with one attached hydrogen (secondary N) is 2. The van der Waals surface area contributed by atoms with Gasteiger partial charge < -0.3 is 20.8 Å². The zero-order chi connectivity index (χ0) is 21.6. The highest BCUT2D eigenvalue weighted by Crippen LogP contribution is 2.35. The van der Waals surface area contributed by atoms with E-state index in [1.807, 2.05) is 6.92 Å². The molecular formula is C17H24N8O2S2. The fraction of sp³-hybridized carbons (Fsp3) is 0.529. The molecule has 3 unspecified atom stereocenters. The number of thiol groups is 1. The molecule has 0 aromatic carbocycles. The van der Waals surface area contributed by atoms with Crippen LogP contribution < -0.4 is 10.6 Å². The molecule has 2 rings (SSSR count). The lowest BCUT2D eigenvalue weighted by atomic mass is 10.1. The Morgan fingerprint density at radius 3 is 2.24 bits per heavy atom. The predicted octanol–water partition coefficient (Wildman–Crippen LogP) is 3.10. The average molecular weight is 437 g/mol. The minimum atomic E-state index is -0.617. The maximum Gasteiger partial charge on any atom is 0.249 e. The van der Waals surface area contributed by atoms with Crippen LogP contribution >= 0.6 is 24.2 Å². The number of hydrogen-bond donors (Lipinski definition) is 5. The molecule has 2 aromatic heterocycles. The lowest BCUT2D eigenvalue weighted by Crippen LogP contribution is -2.19. The molecule has 10 nitrogen and oxygen atoms in total. The zero-order valence-corrected chi connectivity index (χ0v) is 18.3. The van der Waals surface area contributed by atoms with E-state index in [9.17, 15) is 15.5 Å². The molecule has 0 aliphatic carbocycles. The molecule has 0 fully saturated rings. The summed E-state index contributed by atoms with van der Waals surface area (Å²) in [7, 11) is 0.